The first-order valence-electron chi connectivity index (χ1n) is 4.47. The third-order valence-corrected chi connectivity index (χ3v) is 3.08. The van der Waals surface area contributed by atoms with E-state index in [0.29, 0.717) is 10.8 Å². The molecule has 1 aromatic carbocycles. The van der Waals surface area contributed by atoms with Crippen molar-refractivity contribution >= 4 is 39.7 Å². The van der Waals surface area contributed by atoms with Crippen molar-refractivity contribution in [1.29, 1.82) is 0 Å². The fourth-order valence-electron chi connectivity index (χ4n) is 1.13. The number of hydrogen-bond acceptors (Lipinski definition) is 4. The Morgan fingerprint density at radius 2 is 2.29 bits per heavy atom. The molecule has 0 atom stereocenters. The van der Waals surface area contributed by atoms with Crippen molar-refractivity contribution in [2.75, 3.05) is 5.32 Å². The highest BCUT2D eigenvalue weighted by Crippen LogP contribution is 2.25. The second kappa shape index (κ2) is 4.68. The number of hydrogen-bond donors (Lipinski definition) is 2. The summed E-state index contributed by atoms with van der Waals surface area (Å²) in [6.07, 6.45) is 1.25. The molecule has 0 radical (unpaired) electrons. The summed E-state index contributed by atoms with van der Waals surface area (Å²) in [5.41, 5.74) is 0.544. The third-order valence-electron chi connectivity index (χ3n) is 1.89. The maximum atomic E-state index is 12.9. The van der Waals surface area contributed by atoms with Crippen LogP contribution in [0.4, 0.5) is 15.2 Å². The maximum Gasteiger partial charge on any atom is 0.347 e. The number of rotatable bonds is 3. The maximum absolute atomic E-state index is 12.9. The minimum absolute atomic E-state index is 0.00925. The first kappa shape index (κ1) is 11.8. The lowest BCUT2D eigenvalue weighted by atomic mass is 10.3. The first-order chi connectivity index (χ1) is 8.06. The van der Waals surface area contributed by atoms with Gasteiger partial charge in [-0.05, 0) is 18.2 Å². The Hall–Kier alpha value is -1.66. The van der Waals surface area contributed by atoms with Gasteiger partial charge in [0.15, 0.2) is 5.13 Å². The molecule has 0 spiro atoms. The summed E-state index contributed by atoms with van der Waals surface area (Å²) in [4.78, 5) is 14.6. The Bertz CT molecular complexity index is 573. The van der Waals surface area contributed by atoms with Gasteiger partial charge in [-0.1, -0.05) is 22.9 Å². The van der Waals surface area contributed by atoms with Crippen LogP contribution >= 0.6 is 22.9 Å². The van der Waals surface area contributed by atoms with E-state index in [9.17, 15) is 9.18 Å². The molecular weight excluding hydrogens is 267 g/mol. The fraction of sp³-hybridized carbons (Fsp3) is 0. The Kier molecular flexibility index (Phi) is 3.26. The van der Waals surface area contributed by atoms with Gasteiger partial charge in [0.05, 0.1) is 11.2 Å². The van der Waals surface area contributed by atoms with Crippen molar-refractivity contribution in [3.8, 4) is 0 Å². The van der Waals surface area contributed by atoms with Gasteiger partial charge < -0.3 is 10.4 Å². The smallest absolute Gasteiger partial charge is 0.347 e. The molecule has 1 heterocycles. The van der Waals surface area contributed by atoms with Gasteiger partial charge in [0, 0.05) is 5.69 Å². The van der Waals surface area contributed by atoms with Crippen molar-refractivity contribution in [2.24, 2.45) is 0 Å². The zero-order valence-electron chi connectivity index (χ0n) is 8.28. The molecule has 0 aliphatic rings. The molecule has 0 saturated heterocycles. The van der Waals surface area contributed by atoms with Gasteiger partial charge in [0.2, 0.25) is 0 Å². The van der Waals surface area contributed by atoms with Crippen molar-refractivity contribution in [3.05, 3.63) is 40.1 Å². The summed E-state index contributed by atoms with van der Waals surface area (Å²) >= 11 is 6.60. The largest absolute Gasteiger partial charge is 0.477 e. The summed E-state index contributed by atoms with van der Waals surface area (Å²) in [6.45, 7) is 0. The quantitative estimate of drug-likeness (QED) is 0.899. The number of aromatic carboxylic acids is 1. The number of aromatic nitrogens is 1. The first-order valence-corrected chi connectivity index (χ1v) is 5.67. The summed E-state index contributed by atoms with van der Waals surface area (Å²) in [6, 6.07) is 4.11. The van der Waals surface area contributed by atoms with Gasteiger partial charge in [0.1, 0.15) is 10.7 Å². The van der Waals surface area contributed by atoms with E-state index >= 15 is 0 Å². The van der Waals surface area contributed by atoms with E-state index in [1.807, 2.05) is 0 Å². The Labute approximate surface area is 105 Å². The molecule has 0 bridgehead atoms. The van der Waals surface area contributed by atoms with Crippen LogP contribution in [0.3, 0.4) is 0 Å². The summed E-state index contributed by atoms with van der Waals surface area (Å²) in [5, 5.41) is 12.0. The molecular formula is C10H6ClFN2O2S. The number of carbonyl (C=O) groups is 1. The second-order valence-electron chi connectivity index (χ2n) is 3.09. The Morgan fingerprint density at radius 1 is 1.53 bits per heavy atom. The number of nitrogens with zero attached hydrogens (tertiary/aromatic N) is 1. The van der Waals surface area contributed by atoms with E-state index < -0.39 is 11.8 Å². The van der Waals surface area contributed by atoms with Crippen LogP contribution in [0.25, 0.3) is 0 Å². The van der Waals surface area contributed by atoms with Crippen molar-refractivity contribution in [2.45, 2.75) is 0 Å². The molecule has 17 heavy (non-hydrogen) atoms. The second-order valence-corrected chi connectivity index (χ2v) is 4.53. The Morgan fingerprint density at radius 3 is 2.88 bits per heavy atom. The monoisotopic (exact) mass is 272 g/mol. The molecule has 0 unspecified atom stereocenters. The molecule has 1 aromatic heterocycles. The van der Waals surface area contributed by atoms with Crippen LogP contribution < -0.4 is 5.32 Å². The molecule has 2 N–H and O–H groups in total. The fourth-order valence-corrected chi connectivity index (χ4v) is 1.98. The zero-order valence-corrected chi connectivity index (χ0v) is 9.85. The van der Waals surface area contributed by atoms with E-state index in [1.54, 1.807) is 0 Å². The standard InChI is InChI=1S/C10H6ClFN2O2S/c11-6-3-5(1-2-7(6)12)14-10-13-4-8(17-10)9(15)16/h1-4H,(H,13,14)(H,15,16). The lowest BCUT2D eigenvalue weighted by molar-refractivity contribution is 0.0702. The molecule has 2 rings (SSSR count). The van der Waals surface area contributed by atoms with E-state index in [0.717, 1.165) is 11.3 Å². The highest BCUT2D eigenvalue weighted by Gasteiger charge is 2.09. The number of anilines is 2. The average molecular weight is 273 g/mol. The van der Waals surface area contributed by atoms with E-state index in [2.05, 4.69) is 10.3 Å². The average Bonchev–Trinajstić information content (AvgIpc) is 2.72. The minimum atomic E-state index is -1.03. The molecule has 0 fully saturated rings. The molecule has 7 heteroatoms. The van der Waals surface area contributed by atoms with Crippen LogP contribution in [-0.4, -0.2) is 16.1 Å². The molecule has 0 amide bonds. The number of nitrogens with one attached hydrogen (secondary N) is 1. The lowest BCUT2D eigenvalue weighted by Gasteiger charge is -2.02. The molecule has 0 saturated carbocycles. The molecule has 88 valence electrons. The van der Waals surface area contributed by atoms with E-state index in [-0.39, 0.29) is 9.90 Å². The van der Waals surface area contributed by atoms with Gasteiger partial charge in [0.25, 0.3) is 0 Å². The summed E-state index contributed by atoms with van der Waals surface area (Å²) in [7, 11) is 0. The number of benzene rings is 1. The van der Waals surface area contributed by atoms with Crippen molar-refractivity contribution < 1.29 is 14.3 Å². The predicted molar refractivity (Wildman–Crippen MR) is 63.8 cm³/mol. The highest BCUT2D eigenvalue weighted by atomic mass is 35.5. The van der Waals surface area contributed by atoms with Crippen LogP contribution in [0.5, 0.6) is 0 Å². The predicted octanol–water partition coefficient (Wildman–Crippen LogP) is 3.38. The molecule has 2 aromatic rings. The topological polar surface area (TPSA) is 62.2 Å². The molecule has 0 aliphatic heterocycles. The minimum Gasteiger partial charge on any atom is -0.477 e. The van der Waals surface area contributed by atoms with Crippen LogP contribution in [0.1, 0.15) is 9.67 Å². The van der Waals surface area contributed by atoms with Crippen LogP contribution in [0.2, 0.25) is 5.02 Å². The normalized spacial score (nSPS) is 10.2. The molecule has 0 aliphatic carbocycles. The van der Waals surface area contributed by atoms with Crippen molar-refractivity contribution in [3.63, 3.8) is 0 Å². The lowest BCUT2D eigenvalue weighted by Crippen LogP contribution is -1.90. The van der Waals surface area contributed by atoms with E-state index in [1.165, 1.54) is 24.4 Å². The molecule has 4 nitrogen and oxygen atoms in total. The van der Waals surface area contributed by atoms with E-state index in [4.69, 9.17) is 16.7 Å². The zero-order chi connectivity index (χ0) is 12.4. The van der Waals surface area contributed by atoms with Crippen LogP contribution in [0, 0.1) is 5.82 Å². The summed E-state index contributed by atoms with van der Waals surface area (Å²) in [5.74, 6) is -1.55. The van der Waals surface area contributed by atoms with Crippen molar-refractivity contribution in [1.82, 2.24) is 4.98 Å². The Balaban J connectivity index is 2.19. The van der Waals surface area contributed by atoms with Gasteiger partial charge >= 0.3 is 5.97 Å². The van der Waals surface area contributed by atoms with Gasteiger partial charge in [-0.2, -0.15) is 0 Å². The third kappa shape index (κ3) is 2.72. The number of thiazole rings is 1. The number of halogens is 2. The van der Waals surface area contributed by atoms with Gasteiger partial charge in [-0.25, -0.2) is 14.2 Å². The van der Waals surface area contributed by atoms with Crippen LogP contribution in [-0.2, 0) is 0 Å². The van der Waals surface area contributed by atoms with Gasteiger partial charge in [-0.15, -0.1) is 0 Å². The number of carboxylic acid groups (broad SMARTS) is 1. The SMILES string of the molecule is O=C(O)c1cnc(Nc2ccc(F)c(Cl)c2)s1. The summed E-state index contributed by atoms with van der Waals surface area (Å²) < 4.78 is 12.9. The number of carboxylic acids is 1. The highest BCUT2D eigenvalue weighted by molar-refractivity contribution is 7.17. The van der Waals surface area contributed by atoms with Crippen LogP contribution in [0.15, 0.2) is 24.4 Å². The van der Waals surface area contributed by atoms with Gasteiger partial charge in [-0.3, -0.25) is 0 Å².